The van der Waals surface area contributed by atoms with Crippen molar-refractivity contribution in [2.24, 2.45) is 0 Å². The van der Waals surface area contributed by atoms with Gasteiger partial charge in [-0.1, -0.05) is 19.3 Å². The molecule has 1 rings (SSSR count). The third kappa shape index (κ3) is 6.88. The number of halogens is 1. The Hall–Kier alpha value is -0.290. The Morgan fingerprint density at radius 1 is 1.24 bits per heavy atom. The van der Waals surface area contributed by atoms with Crippen LogP contribution in [0.3, 0.4) is 0 Å². The van der Waals surface area contributed by atoms with Crippen molar-refractivity contribution in [3.8, 4) is 0 Å². The zero-order valence-electron chi connectivity index (χ0n) is 10.0. The molecular weight excluding hydrogens is 260 g/mol. The van der Waals surface area contributed by atoms with E-state index in [0.29, 0.717) is 30.0 Å². The third-order valence-corrected chi connectivity index (χ3v) is 4.59. The second kappa shape index (κ2) is 8.75. The molecule has 0 aromatic heterocycles. The molecule has 1 atom stereocenters. The van der Waals surface area contributed by atoms with Gasteiger partial charge in [0.2, 0.25) is 0 Å². The number of hydrogen-bond donors (Lipinski definition) is 2. The molecule has 4 nitrogen and oxygen atoms in total. The van der Waals surface area contributed by atoms with Gasteiger partial charge in [0.25, 0.3) is 0 Å². The molecule has 1 aliphatic rings. The number of urea groups is 1. The predicted octanol–water partition coefficient (Wildman–Crippen LogP) is 1.61. The van der Waals surface area contributed by atoms with Gasteiger partial charge < -0.3 is 10.6 Å². The minimum Gasteiger partial charge on any atom is -0.337 e. The highest BCUT2D eigenvalue weighted by atomic mass is 35.5. The Labute approximate surface area is 110 Å². The van der Waals surface area contributed by atoms with E-state index in [1.165, 1.54) is 19.3 Å². The lowest BCUT2D eigenvalue weighted by Crippen LogP contribution is -2.44. The van der Waals surface area contributed by atoms with E-state index in [-0.39, 0.29) is 6.03 Å². The van der Waals surface area contributed by atoms with Crippen LogP contribution in [0.1, 0.15) is 32.1 Å². The summed E-state index contributed by atoms with van der Waals surface area (Å²) in [7, 11) is -0.918. The second-order valence-corrected chi connectivity index (χ2v) is 6.35. The molecule has 0 aliphatic heterocycles. The van der Waals surface area contributed by atoms with Crippen LogP contribution in [-0.2, 0) is 10.8 Å². The van der Waals surface area contributed by atoms with Gasteiger partial charge in [0.05, 0.1) is 0 Å². The van der Waals surface area contributed by atoms with Crippen molar-refractivity contribution in [2.75, 3.05) is 23.9 Å². The van der Waals surface area contributed by atoms with E-state index in [2.05, 4.69) is 10.6 Å². The van der Waals surface area contributed by atoms with E-state index in [4.69, 9.17) is 11.6 Å². The van der Waals surface area contributed by atoms with Gasteiger partial charge in [-0.3, -0.25) is 4.21 Å². The van der Waals surface area contributed by atoms with Crippen molar-refractivity contribution in [1.82, 2.24) is 10.6 Å². The van der Waals surface area contributed by atoms with Gasteiger partial charge >= 0.3 is 6.03 Å². The van der Waals surface area contributed by atoms with Crippen molar-refractivity contribution in [2.45, 2.75) is 38.1 Å². The smallest absolute Gasteiger partial charge is 0.315 e. The normalized spacial score (nSPS) is 18.6. The van der Waals surface area contributed by atoms with Gasteiger partial charge in [-0.05, 0) is 12.8 Å². The topological polar surface area (TPSA) is 58.2 Å². The highest BCUT2D eigenvalue weighted by Crippen LogP contribution is 2.16. The fourth-order valence-corrected chi connectivity index (χ4v) is 3.17. The average molecular weight is 281 g/mol. The molecule has 0 radical (unpaired) electrons. The van der Waals surface area contributed by atoms with Crippen LogP contribution in [0.2, 0.25) is 0 Å². The van der Waals surface area contributed by atoms with E-state index in [1.54, 1.807) is 0 Å². The van der Waals surface area contributed by atoms with Gasteiger partial charge in [-0.2, -0.15) is 0 Å². The Kier molecular flexibility index (Phi) is 7.60. The van der Waals surface area contributed by atoms with Crippen LogP contribution in [0.4, 0.5) is 4.79 Å². The molecule has 1 fully saturated rings. The molecule has 0 heterocycles. The van der Waals surface area contributed by atoms with Crippen LogP contribution in [0.15, 0.2) is 0 Å². The highest BCUT2D eigenvalue weighted by Gasteiger charge is 2.15. The van der Waals surface area contributed by atoms with Crippen molar-refractivity contribution >= 4 is 28.4 Å². The van der Waals surface area contributed by atoms with Crippen LogP contribution >= 0.6 is 11.6 Å². The maximum Gasteiger partial charge on any atom is 0.315 e. The van der Waals surface area contributed by atoms with E-state index in [1.807, 2.05) is 0 Å². The zero-order chi connectivity index (χ0) is 12.5. The Morgan fingerprint density at radius 3 is 2.59 bits per heavy atom. The van der Waals surface area contributed by atoms with E-state index in [0.717, 1.165) is 12.8 Å². The molecule has 2 N–H and O–H groups in total. The lowest BCUT2D eigenvalue weighted by atomic mass is 9.96. The molecule has 0 saturated heterocycles. The molecule has 1 aliphatic carbocycles. The van der Waals surface area contributed by atoms with Crippen LogP contribution in [-0.4, -0.2) is 40.2 Å². The SMILES string of the molecule is O=C(NCCS(=O)CCCl)NC1CCCCC1. The average Bonchev–Trinajstić information content (AvgIpc) is 2.30. The van der Waals surface area contributed by atoms with Crippen molar-refractivity contribution < 1.29 is 9.00 Å². The van der Waals surface area contributed by atoms with Crippen molar-refractivity contribution in [3.05, 3.63) is 0 Å². The minimum absolute atomic E-state index is 0.139. The molecule has 0 aromatic carbocycles. The summed E-state index contributed by atoms with van der Waals surface area (Å²) in [5.74, 6) is 1.37. The van der Waals surface area contributed by atoms with E-state index in [9.17, 15) is 9.00 Å². The molecule has 2 amide bonds. The highest BCUT2D eigenvalue weighted by molar-refractivity contribution is 7.85. The Morgan fingerprint density at radius 2 is 1.94 bits per heavy atom. The quantitative estimate of drug-likeness (QED) is 0.726. The zero-order valence-corrected chi connectivity index (χ0v) is 11.6. The first kappa shape index (κ1) is 14.8. The number of nitrogens with one attached hydrogen (secondary N) is 2. The molecule has 6 heteroatoms. The molecule has 1 saturated carbocycles. The number of amides is 2. The molecule has 100 valence electrons. The van der Waals surface area contributed by atoms with Crippen LogP contribution in [0.5, 0.6) is 0 Å². The van der Waals surface area contributed by atoms with Gasteiger partial charge in [0.15, 0.2) is 0 Å². The van der Waals surface area contributed by atoms with Gasteiger partial charge in [0.1, 0.15) is 0 Å². The van der Waals surface area contributed by atoms with Crippen molar-refractivity contribution in [3.63, 3.8) is 0 Å². The first-order valence-electron chi connectivity index (χ1n) is 6.17. The Bertz CT molecular complexity index is 258. The Balaban J connectivity index is 2.06. The third-order valence-electron chi connectivity index (χ3n) is 2.86. The first-order valence-corrected chi connectivity index (χ1v) is 8.20. The van der Waals surface area contributed by atoms with Gasteiger partial charge in [-0.15, -0.1) is 11.6 Å². The van der Waals surface area contributed by atoms with Gasteiger partial charge in [0, 0.05) is 40.8 Å². The largest absolute Gasteiger partial charge is 0.337 e. The van der Waals surface area contributed by atoms with Crippen LogP contribution in [0.25, 0.3) is 0 Å². The standard InChI is InChI=1S/C11H21ClN2O2S/c12-6-8-17(16)9-7-13-11(15)14-10-4-2-1-3-5-10/h10H,1-9H2,(H2,13,14,15). The molecule has 0 bridgehead atoms. The van der Waals surface area contributed by atoms with E-state index < -0.39 is 10.8 Å². The molecular formula is C11H21ClN2O2S. The molecule has 0 spiro atoms. The summed E-state index contributed by atoms with van der Waals surface area (Å²) in [5, 5.41) is 5.68. The maximum atomic E-state index is 11.5. The fraction of sp³-hybridized carbons (Fsp3) is 0.909. The number of carbonyl (C=O) groups is 1. The van der Waals surface area contributed by atoms with Crippen LogP contribution in [0, 0.1) is 0 Å². The summed E-state index contributed by atoms with van der Waals surface area (Å²) in [6.45, 7) is 0.446. The number of alkyl halides is 1. The summed E-state index contributed by atoms with van der Waals surface area (Å²) in [6, 6.07) is 0.178. The first-order chi connectivity index (χ1) is 8.22. The number of carbonyl (C=O) groups excluding carboxylic acids is 1. The number of rotatable bonds is 6. The fourth-order valence-electron chi connectivity index (χ4n) is 1.95. The molecule has 17 heavy (non-hydrogen) atoms. The second-order valence-electron chi connectivity index (χ2n) is 4.27. The summed E-state index contributed by atoms with van der Waals surface area (Å²) in [5.41, 5.74) is 0. The monoisotopic (exact) mass is 280 g/mol. The predicted molar refractivity (Wildman–Crippen MR) is 72.0 cm³/mol. The van der Waals surface area contributed by atoms with Crippen molar-refractivity contribution in [1.29, 1.82) is 0 Å². The summed E-state index contributed by atoms with van der Waals surface area (Å²) >= 11 is 5.47. The summed E-state index contributed by atoms with van der Waals surface area (Å²) in [6.07, 6.45) is 5.82. The van der Waals surface area contributed by atoms with E-state index >= 15 is 0 Å². The van der Waals surface area contributed by atoms with Crippen LogP contribution < -0.4 is 10.6 Å². The number of hydrogen-bond acceptors (Lipinski definition) is 2. The lowest BCUT2D eigenvalue weighted by molar-refractivity contribution is 0.233. The molecule has 1 unspecified atom stereocenters. The minimum atomic E-state index is -0.918. The maximum absolute atomic E-state index is 11.5. The molecule has 0 aromatic rings. The summed E-state index contributed by atoms with van der Waals surface area (Å²) < 4.78 is 11.3. The summed E-state index contributed by atoms with van der Waals surface area (Å²) in [4.78, 5) is 11.5. The van der Waals surface area contributed by atoms with Gasteiger partial charge in [-0.25, -0.2) is 4.79 Å². The lowest BCUT2D eigenvalue weighted by Gasteiger charge is -2.22.